The van der Waals surface area contributed by atoms with Gasteiger partial charge in [0, 0.05) is 0 Å². The molecule has 0 unspecified atom stereocenters. The van der Waals surface area contributed by atoms with Crippen LogP contribution in [0.15, 0.2) is 23.2 Å². The van der Waals surface area contributed by atoms with Crippen LogP contribution in [0, 0.1) is 25.3 Å². The van der Waals surface area contributed by atoms with Crippen molar-refractivity contribution in [2.24, 2.45) is 4.99 Å². The molecule has 0 radical (unpaired) electrons. The fourth-order valence-electron chi connectivity index (χ4n) is 1.21. The molecule has 0 fully saturated rings. The summed E-state index contributed by atoms with van der Waals surface area (Å²) in [6.07, 6.45) is 3.75. The highest BCUT2D eigenvalue weighted by Crippen LogP contribution is 2.20. The number of aliphatic imine (C=N–C) groups is 1. The number of nitrogens with one attached hydrogen (secondary N) is 1. The zero-order chi connectivity index (χ0) is 11.3. The van der Waals surface area contributed by atoms with Crippen molar-refractivity contribution in [1.29, 1.82) is 5.26 Å². The van der Waals surface area contributed by atoms with Gasteiger partial charge in [-0.15, -0.1) is 0 Å². The summed E-state index contributed by atoms with van der Waals surface area (Å²) in [5.41, 5.74) is 3.22. The molecule has 0 saturated heterocycles. The van der Waals surface area contributed by atoms with Crippen LogP contribution in [0.25, 0.3) is 0 Å². The Balaban J connectivity index is 3.01. The van der Waals surface area contributed by atoms with Gasteiger partial charge < -0.3 is 0 Å². The summed E-state index contributed by atoms with van der Waals surface area (Å²) < 4.78 is 0. The van der Waals surface area contributed by atoms with Crippen molar-refractivity contribution < 1.29 is 0 Å². The maximum Gasteiger partial charge on any atom is 0.183 e. The van der Waals surface area contributed by atoms with Crippen LogP contribution in [-0.2, 0) is 0 Å². The van der Waals surface area contributed by atoms with E-state index in [0.717, 1.165) is 11.3 Å². The van der Waals surface area contributed by atoms with Crippen molar-refractivity contribution in [2.45, 2.75) is 13.8 Å². The third kappa shape index (κ3) is 3.30. The van der Waals surface area contributed by atoms with Gasteiger partial charge in [-0.1, -0.05) is 29.5 Å². The molecule has 1 aromatic rings. The first-order valence-corrected chi connectivity index (χ1v) is 5.75. The Kier molecular flexibility index (Phi) is 4.19. The lowest BCUT2D eigenvalue weighted by atomic mass is 10.1. The number of rotatable bonds is 1. The van der Waals surface area contributed by atoms with Gasteiger partial charge in [0.1, 0.15) is 0 Å². The number of nitrogens with zero attached hydrogens (tertiary/aromatic N) is 2. The Hall–Kier alpha value is -1.47. The van der Waals surface area contributed by atoms with Gasteiger partial charge >= 0.3 is 0 Å². The minimum absolute atomic E-state index is 0.615. The monoisotopic (exact) mass is 219 g/mol. The molecule has 1 aromatic carbocycles. The molecule has 15 heavy (non-hydrogen) atoms. The number of benzene rings is 1. The molecule has 0 atom stereocenters. The van der Waals surface area contributed by atoms with Crippen LogP contribution >= 0.6 is 11.8 Å². The Morgan fingerprint density at radius 3 is 2.73 bits per heavy atom. The molecular weight excluding hydrogens is 206 g/mol. The molecule has 3 nitrogen and oxygen atoms in total. The number of nitriles is 1. The first-order valence-electron chi connectivity index (χ1n) is 4.52. The van der Waals surface area contributed by atoms with Crippen molar-refractivity contribution in [1.82, 2.24) is 5.32 Å². The van der Waals surface area contributed by atoms with Gasteiger partial charge in [0.15, 0.2) is 11.4 Å². The molecule has 0 aliphatic heterocycles. The van der Waals surface area contributed by atoms with Gasteiger partial charge in [-0.25, -0.2) is 4.99 Å². The van der Waals surface area contributed by atoms with E-state index in [0.29, 0.717) is 5.17 Å². The largest absolute Gasteiger partial charge is 0.271 e. The summed E-state index contributed by atoms with van der Waals surface area (Å²) >= 11 is 1.42. The number of hydrogen-bond acceptors (Lipinski definition) is 3. The summed E-state index contributed by atoms with van der Waals surface area (Å²) in [4.78, 5) is 4.35. The lowest BCUT2D eigenvalue weighted by molar-refractivity contribution is 1.27. The molecule has 0 heterocycles. The molecule has 0 bridgehead atoms. The molecule has 0 aliphatic rings. The molecule has 4 heteroatoms. The third-order valence-corrected chi connectivity index (χ3v) is 2.51. The smallest absolute Gasteiger partial charge is 0.183 e. The van der Waals surface area contributed by atoms with E-state index in [1.165, 1.54) is 17.3 Å². The first kappa shape index (κ1) is 11.6. The Morgan fingerprint density at radius 2 is 2.20 bits per heavy atom. The van der Waals surface area contributed by atoms with E-state index in [1.54, 1.807) is 0 Å². The highest BCUT2D eigenvalue weighted by molar-refractivity contribution is 8.13. The number of hydrogen-bond donors (Lipinski definition) is 1. The fraction of sp³-hybridized carbons (Fsp3) is 0.273. The third-order valence-electron chi connectivity index (χ3n) is 1.93. The van der Waals surface area contributed by atoms with Crippen molar-refractivity contribution in [3.05, 3.63) is 29.3 Å². The maximum absolute atomic E-state index is 8.50. The number of thioether (sulfide) groups is 1. The van der Waals surface area contributed by atoms with Gasteiger partial charge in [0.2, 0.25) is 0 Å². The lowest BCUT2D eigenvalue weighted by Crippen LogP contribution is -2.12. The van der Waals surface area contributed by atoms with Crippen molar-refractivity contribution in [3.63, 3.8) is 0 Å². The Labute approximate surface area is 94.2 Å². The summed E-state index contributed by atoms with van der Waals surface area (Å²) in [6, 6.07) is 6.04. The minimum atomic E-state index is 0.615. The van der Waals surface area contributed by atoms with E-state index in [-0.39, 0.29) is 0 Å². The van der Waals surface area contributed by atoms with Crippen LogP contribution in [0.2, 0.25) is 0 Å². The van der Waals surface area contributed by atoms with Crippen LogP contribution in [0.5, 0.6) is 0 Å². The van der Waals surface area contributed by atoms with Gasteiger partial charge in [-0.2, -0.15) is 5.26 Å². The standard InChI is InChI=1S/C11H13N3S/c1-8-4-5-10(9(2)6-8)14-11(15-3)13-7-12/h4-6H,1-3H3,(H,13,14). The van der Waals surface area contributed by atoms with E-state index in [9.17, 15) is 0 Å². The summed E-state index contributed by atoms with van der Waals surface area (Å²) in [6.45, 7) is 4.06. The average molecular weight is 219 g/mol. The van der Waals surface area contributed by atoms with E-state index in [4.69, 9.17) is 5.26 Å². The molecular formula is C11H13N3S. The lowest BCUT2D eigenvalue weighted by Gasteiger charge is -2.03. The van der Waals surface area contributed by atoms with Crippen LogP contribution in [0.1, 0.15) is 11.1 Å². The highest BCUT2D eigenvalue weighted by Gasteiger charge is 1.99. The van der Waals surface area contributed by atoms with E-state index in [1.807, 2.05) is 38.4 Å². The quantitative estimate of drug-likeness (QED) is 0.342. The summed E-state index contributed by atoms with van der Waals surface area (Å²) in [7, 11) is 0. The topological polar surface area (TPSA) is 48.2 Å². The first-order chi connectivity index (χ1) is 7.17. The summed E-state index contributed by atoms with van der Waals surface area (Å²) in [5.74, 6) is 0. The second-order valence-electron chi connectivity index (χ2n) is 3.15. The van der Waals surface area contributed by atoms with Gasteiger partial charge in [-0.05, 0) is 31.7 Å². The Morgan fingerprint density at radius 1 is 1.47 bits per heavy atom. The second kappa shape index (κ2) is 5.42. The molecule has 0 amide bonds. The van der Waals surface area contributed by atoms with Crippen molar-refractivity contribution in [3.8, 4) is 6.19 Å². The van der Waals surface area contributed by atoms with Crippen LogP contribution in [0.4, 0.5) is 5.69 Å². The average Bonchev–Trinajstić information content (AvgIpc) is 2.21. The molecule has 1 rings (SSSR count). The zero-order valence-corrected chi connectivity index (χ0v) is 9.85. The van der Waals surface area contributed by atoms with Crippen molar-refractivity contribution in [2.75, 3.05) is 6.26 Å². The van der Waals surface area contributed by atoms with Crippen LogP contribution in [-0.4, -0.2) is 11.4 Å². The van der Waals surface area contributed by atoms with Gasteiger partial charge in [-0.3, -0.25) is 5.32 Å². The predicted molar refractivity (Wildman–Crippen MR) is 65.3 cm³/mol. The molecule has 1 N–H and O–H groups in total. The van der Waals surface area contributed by atoms with Gasteiger partial charge in [0.25, 0.3) is 0 Å². The van der Waals surface area contributed by atoms with Crippen LogP contribution < -0.4 is 5.32 Å². The minimum Gasteiger partial charge on any atom is -0.271 e. The molecule has 0 aliphatic carbocycles. The van der Waals surface area contributed by atoms with E-state index in [2.05, 4.69) is 16.4 Å². The molecule has 0 spiro atoms. The number of amidine groups is 1. The molecule has 78 valence electrons. The van der Waals surface area contributed by atoms with Gasteiger partial charge in [0.05, 0.1) is 5.69 Å². The maximum atomic E-state index is 8.50. The molecule has 0 saturated carbocycles. The Bertz CT molecular complexity index is 418. The SMILES string of the molecule is CSC(=Nc1ccc(C)cc1C)NC#N. The summed E-state index contributed by atoms with van der Waals surface area (Å²) in [5, 5.41) is 11.7. The zero-order valence-electron chi connectivity index (χ0n) is 9.03. The van der Waals surface area contributed by atoms with Crippen LogP contribution in [0.3, 0.4) is 0 Å². The fourth-order valence-corrected chi connectivity index (χ4v) is 1.55. The normalized spacial score (nSPS) is 10.9. The second-order valence-corrected chi connectivity index (χ2v) is 3.94. The number of aryl methyl sites for hydroxylation is 2. The van der Waals surface area contributed by atoms with E-state index < -0.39 is 0 Å². The van der Waals surface area contributed by atoms with Crippen molar-refractivity contribution >= 4 is 22.6 Å². The van der Waals surface area contributed by atoms with E-state index >= 15 is 0 Å². The predicted octanol–water partition coefficient (Wildman–Crippen LogP) is 2.72. The molecule has 0 aromatic heterocycles. The highest BCUT2D eigenvalue weighted by atomic mass is 32.2.